The van der Waals surface area contributed by atoms with Crippen LogP contribution in [0.1, 0.15) is 82.6 Å². The molecule has 0 saturated heterocycles. The van der Waals surface area contributed by atoms with E-state index in [9.17, 15) is 9.36 Å². The minimum atomic E-state index is -3.08. The second-order valence-electron chi connectivity index (χ2n) is 9.43. The SMILES string of the molecule is CCC(CC)(C(=O)C=Cc1cc(C(C)(C)C)c(OC)c2c1CCCC2)P(C)(=O)OC. The van der Waals surface area contributed by atoms with Crippen molar-refractivity contribution in [1.82, 2.24) is 0 Å². The smallest absolute Gasteiger partial charge is 0.213 e. The van der Waals surface area contributed by atoms with E-state index in [1.54, 1.807) is 19.9 Å². The fourth-order valence-electron chi connectivity index (χ4n) is 4.75. The Morgan fingerprint density at radius 1 is 1.10 bits per heavy atom. The summed E-state index contributed by atoms with van der Waals surface area (Å²) in [4.78, 5) is 13.3. The topological polar surface area (TPSA) is 52.6 Å². The number of carbonyl (C=O) groups excluding carboxylic acids is 1. The summed E-state index contributed by atoms with van der Waals surface area (Å²) < 4.78 is 24.3. The van der Waals surface area contributed by atoms with Crippen LogP contribution in [0.15, 0.2) is 12.1 Å². The molecule has 0 aliphatic heterocycles. The molecule has 1 aromatic carbocycles. The lowest BCUT2D eigenvalue weighted by Crippen LogP contribution is -2.36. The molecular formula is C25H39O4P. The number of fused-ring (bicyclic) bond motifs is 1. The highest BCUT2D eigenvalue weighted by molar-refractivity contribution is 7.61. The molecule has 0 radical (unpaired) electrons. The molecule has 1 aliphatic carbocycles. The van der Waals surface area contributed by atoms with E-state index in [-0.39, 0.29) is 11.2 Å². The fraction of sp³-hybridized carbons (Fsp3) is 0.640. The lowest BCUT2D eigenvalue weighted by Gasteiger charge is -2.34. The van der Waals surface area contributed by atoms with Crippen molar-refractivity contribution in [1.29, 1.82) is 0 Å². The molecular weight excluding hydrogens is 395 g/mol. The van der Waals surface area contributed by atoms with Gasteiger partial charge in [-0.3, -0.25) is 9.36 Å². The van der Waals surface area contributed by atoms with Gasteiger partial charge in [-0.15, -0.1) is 0 Å². The normalized spacial score (nSPS) is 16.9. The van der Waals surface area contributed by atoms with Gasteiger partial charge in [0.2, 0.25) is 7.37 Å². The third-order valence-corrected chi connectivity index (χ3v) is 9.92. The van der Waals surface area contributed by atoms with E-state index in [2.05, 4.69) is 26.8 Å². The number of carbonyl (C=O) groups is 1. The first-order valence-electron chi connectivity index (χ1n) is 11.1. The van der Waals surface area contributed by atoms with Gasteiger partial charge in [0.25, 0.3) is 0 Å². The summed E-state index contributed by atoms with van der Waals surface area (Å²) in [7, 11) is 0.102. The minimum Gasteiger partial charge on any atom is -0.496 e. The second kappa shape index (κ2) is 9.40. The largest absolute Gasteiger partial charge is 0.496 e. The number of benzene rings is 1. The maximum atomic E-state index is 13.3. The fourth-order valence-corrected chi connectivity index (χ4v) is 6.73. The van der Waals surface area contributed by atoms with Gasteiger partial charge in [0, 0.05) is 19.3 Å². The van der Waals surface area contributed by atoms with Gasteiger partial charge in [-0.2, -0.15) is 0 Å². The van der Waals surface area contributed by atoms with Crippen LogP contribution in [0.5, 0.6) is 5.75 Å². The van der Waals surface area contributed by atoms with Gasteiger partial charge in [-0.25, -0.2) is 0 Å². The van der Waals surface area contributed by atoms with E-state index in [0.29, 0.717) is 12.8 Å². The summed E-state index contributed by atoms with van der Waals surface area (Å²) in [6.45, 7) is 12.0. The Hall–Kier alpha value is -1.38. The van der Waals surface area contributed by atoms with Gasteiger partial charge in [-0.1, -0.05) is 40.7 Å². The third-order valence-electron chi connectivity index (χ3n) is 6.82. The van der Waals surface area contributed by atoms with E-state index in [1.807, 2.05) is 19.9 Å². The Labute approximate surface area is 182 Å². The summed E-state index contributed by atoms with van der Waals surface area (Å²) in [6.07, 6.45) is 8.81. The molecule has 30 heavy (non-hydrogen) atoms. The Bertz CT molecular complexity index is 857. The predicted octanol–water partition coefficient (Wildman–Crippen LogP) is 6.57. The Kier molecular flexibility index (Phi) is 7.80. The quantitative estimate of drug-likeness (QED) is 0.343. The first-order chi connectivity index (χ1) is 14.0. The lowest BCUT2D eigenvalue weighted by molar-refractivity contribution is -0.117. The van der Waals surface area contributed by atoms with Gasteiger partial charge in [-0.05, 0) is 72.8 Å². The number of rotatable bonds is 8. The zero-order valence-corrected chi connectivity index (χ0v) is 20.9. The number of allylic oxidation sites excluding steroid dienone is 1. The molecule has 0 heterocycles. The summed E-state index contributed by atoms with van der Waals surface area (Å²) in [5.74, 6) is 0.882. The van der Waals surface area contributed by atoms with E-state index >= 15 is 0 Å². The third kappa shape index (κ3) is 4.46. The van der Waals surface area contributed by atoms with Crippen LogP contribution in [0.25, 0.3) is 6.08 Å². The van der Waals surface area contributed by atoms with E-state index in [4.69, 9.17) is 9.26 Å². The maximum Gasteiger partial charge on any atom is 0.213 e. The van der Waals surface area contributed by atoms with E-state index in [0.717, 1.165) is 42.6 Å². The van der Waals surface area contributed by atoms with Crippen molar-refractivity contribution < 1.29 is 18.6 Å². The summed E-state index contributed by atoms with van der Waals surface area (Å²) >= 11 is 0. The molecule has 1 atom stereocenters. The first kappa shape index (κ1) is 24.9. The number of methoxy groups -OCH3 is 1. The van der Waals surface area contributed by atoms with Crippen molar-refractivity contribution in [2.24, 2.45) is 0 Å². The van der Waals surface area contributed by atoms with Gasteiger partial charge in [0.1, 0.15) is 10.9 Å². The average Bonchev–Trinajstić information content (AvgIpc) is 2.71. The highest BCUT2D eigenvalue weighted by atomic mass is 31.2. The Morgan fingerprint density at radius 2 is 1.67 bits per heavy atom. The van der Waals surface area contributed by atoms with Gasteiger partial charge < -0.3 is 9.26 Å². The van der Waals surface area contributed by atoms with Crippen LogP contribution in [-0.2, 0) is 32.1 Å². The Balaban J connectivity index is 2.60. The van der Waals surface area contributed by atoms with Crippen molar-refractivity contribution >= 4 is 19.2 Å². The molecule has 0 saturated carbocycles. The summed E-state index contributed by atoms with van der Waals surface area (Å²) in [5, 5.41) is -0.975. The first-order valence-corrected chi connectivity index (χ1v) is 13.1. The van der Waals surface area contributed by atoms with Crippen molar-refractivity contribution in [2.45, 2.75) is 83.7 Å². The molecule has 1 aromatic rings. The van der Waals surface area contributed by atoms with Crippen LogP contribution in [0.2, 0.25) is 0 Å². The molecule has 0 spiro atoms. The average molecular weight is 435 g/mol. The van der Waals surface area contributed by atoms with Gasteiger partial charge in [0.05, 0.1) is 7.11 Å². The predicted molar refractivity (Wildman–Crippen MR) is 126 cm³/mol. The minimum absolute atomic E-state index is 0.0732. The van der Waals surface area contributed by atoms with Crippen LogP contribution >= 0.6 is 7.37 Å². The number of hydrogen-bond acceptors (Lipinski definition) is 4. The Morgan fingerprint density at radius 3 is 2.13 bits per heavy atom. The molecule has 0 aromatic heterocycles. The molecule has 0 amide bonds. The van der Waals surface area contributed by atoms with Crippen LogP contribution in [-0.4, -0.2) is 31.8 Å². The van der Waals surface area contributed by atoms with Crippen LogP contribution < -0.4 is 4.74 Å². The summed E-state index contributed by atoms with van der Waals surface area (Å²) in [5.41, 5.74) is 4.72. The molecule has 0 N–H and O–H groups in total. The van der Waals surface area contributed by atoms with Crippen LogP contribution in [0.4, 0.5) is 0 Å². The van der Waals surface area contributed by atoms with Crippen molar-refractivity contribution in [3.05, 3.63) is 34.4 Å². The number of ketones is 1. The van der Waals surface area contributed by atoms with Gasteiger partial charge in [0.15, 0.2) is 5.78 Å². The molecule has 0 fully saturated rings. The highest BCUT2D eigenvalue weighted by Gasteiger charge is 2.47. The monoisotopic (exact) mass is 434 g/mol. The van der Waals surface area contributed by atoms with Crippen molar-refractivity contribution in [3.63, 3.8) is 0 Å². The maximum absolute atomic E-state index is 13.3. The molecule has 4 nitrogen and oxygen atoms in total. The van der Waals surface area contributed by atoms with Gasteiger partial charge >= 0.3 is 0 Å². The molecule has 168 valence electrons. The highest BCUT2D eigenvalue weighted by Crippen LogP contribution is 2.59. The lowest BCUT2D eigenvalue weighted by atomic mass is 9.78. The molecule has 0 bridgehead atoms. The molecule has 2 rings (SSSR count). The zero-order chi connectivity index (χ0) is 22.7. The van der Waals surface area contributed by atoms with E-state index < -0.39 is 12.5 Å². The zero-order valence-electron chi connectivity index (χ0n) is 20.1. The standard InChI is InChI=1S/C25H39O4P/c1-9-25(10-2,30(8,27)29-7)22(26)16-15-18-17-21(24(3,4)5)23(28-6)20-14-12-11-13-19(18)20/h15-17H,9-14H2,1-8H3. The van der Waals surface area contributed by atoms with Crippen molar-refractivity contribution in [2.75, 3.05) is 20.9 Å². The van der Waals surface area contributed by atoms with E-state index in [1.165, 1.54) is 18.2 Å². The van der Waals surface area contributed by atoms with Crippen molar-refractivity contribution in [3.8, 4) is 5.75 Å². The number of ether oxygens (including phenoxy) is 1. The van der Waals surface area contributed by atoms with Crippen LogP contribution in [0.3, 0.4) is 0 Å². The number of hydrogen-bond donors (Lipinski definition) is 0. The molecule has 1 aliphatic rings. The molecule has 1 unspecified atom stereocenters. The van der Waals surface area contributed by atoms with Crippen LogP contribution in [0, 0.1) is 0 Å². The second-order valence-corrected chi connectivity index (χ2v) is 12.3. The summed E-state index contributed by atoms with van der Waals surface area (Å²) in [6, 6.07) is 2.17. The molecule has 5 heteroatoms.